The maximum atomic E-state index is 12.2. The summed E-state index contributed by atoms with van der Waals surface area (Å²) in [6.07, 6.45) is 0.433. The Bertz CT molecular complexity index is 539. The SMILES string of the molecule is CN(C(=O)Cc1ccccc1)c1ccccc1I. The molecule has 0 bridgehead atoms. The number of hydrogen-bond donors (Lipinski definition) is 0. The molecule has 2 aromatic rings. The fraction of sp³-hybridized carbons (Fsp3) is 0.133. The van der Waals surface area contributed by atoms with Gasteiger partial charge in [-0.1, -0.05) is 42.5 Å². The summed E-state index contributed by atoms with van der Waals surface area (Å²) >= 11 is 2.25. The van der Waals surface area contributed by atoms with Crippen LogP contribution in [0.5, 0.6) is 0 Å². The lowest BCUT2D eigenvalue weighted by Gasteiger charge is -2.18. The van der Waals surface area contributed by atoms with Crippen molar-refractivity contribution >= 4 is 34.2 Å². The van der Waals surface area contributed by atoms with E-state index >= 15 is 0 Å². The van der Waals surface area contributed by atoms with Gasteiger partial charge in [0.2, 0.25) is 5.91 Å². The number of para-hydroxylation sites is 1. The molecule has 2 nitrogen and oxygen atoms in total. The second kappa shape index (κ2) is 6.00. The number of nitrogens with zero attached hydrogens (tertiary/aromatic N) is 1. The van der Waals surface area contributed by atoms with Gasteiger partial charge in [-0.05, 0) is 40.3 Å². The zero-order valence-electron chi connectivity index (χ0n) is 10.1. The van der Waals surface area contributed by atoms with Crippen molar-refractivity contribution in [2.45, 2.75) is 6.42 Å². The lowest BCUT2D eigenvalue weighted by Crippen LogP contribution is -2.28. The second-order valence-electron chi connectivity index (χ2n) is 4.07. The minimum absolute atomic E-state index is 0.102. The summed E-state index contributed by atoms with van der Waals surface area (Å²) in [5, 5.41) is 0. The highest BCUT2D eigenvalue weighted by molar-refractivity contribution is 14.1. The van der Waals surface area contributed by atoms with Gasteiger partial charge in [0.25, 0.3) is 0 Å². The van der Waals surface area contributed by atoms with Crippen molar-refractivity contribution < 1.29 is 4.79 Å². The topological polar surface area (TPSA) is 20.3 Å². The highest BCUT2D eigenvalue weighted by Crippen LogP contribution is 2.21. The average molecular weight is 351 g/mol. The number of halogens is 1. The summed E-state index contributed by atoms with van der Waals surface area (Å²) in [4.78, 5) is 13.9. The van der Waals surface area contributed by atoms with Crippen LogP contribution in [-0.4, -0.2) is 13.0 Å². The number of hydrogen-bond acceptors (Lipinski definition) is 1. The van der Waals surface area contributed by atoms with Gasteiger partial charge in [0.1, 0.15) is 0 Å². The summed E-state index contributed by atoms with van der Waals surface area (Å²) in [7, 11) is 1.82. The number of rotatable bonds is 3. The zero-order chi connectivity index (χ0) is 13.0. The number of benzene rings is 2. The van der Waals surface area contributed by atoms with E-state index < -0.39 is 0 Å². The van der Waals surface area contributed by atoms with Gasteiger partial charge in [0.15, 0.2) is 0 Å². The fourth-order valence-corrected chi connectivity index (χ4v) is 2.50. The molecule has 0 saturated carbocycles. The van der Waals surface area contributed by atoms with E-state index in [9.17, 15) is 4.79 Å². The molecule has 0 unspecified atom stereocenters. The van der Waals surface area contributed by atoms with Gasteiger partial charge in [-0.25, -0.2) is 0 Å². The molecule has 0 atom stereocenters. The van der Waals surface area contributed by atoms with Crippen LogP contribution in [0.2, 0.25) is 0 Å². The largest absolute Gasteiger partial charge is 0.314 e. The van der Waals surface area contributed by atoms with Crippen molar-refractivity contribution in [3.63, 3.8) is 0 Å². The lowest BCUT2D eigenvalue weighted by molar-refractivity contribution is -0.117. The number of anilines is 1. The molecule has 1 amide bonds. The van der Waals surface area contributed by atoms with E-state index in [1.54, 1.807) is 4.90 Å². The van der Waals surface area contributed by atoms with Crippen molar-refractivity contribution in [1.29, 1.82) is 0 Å². The van der Waals surface area contributed by atoms with E-state index in [4.69, 9.17) is 0 Å². The Labute approximate surface area is 121 Å². The molecule has 0 aliphatic carbocycles. The minimum Gasteiger partial charge on any atom is -0.314 e. The molecule has 2 rings (SSSR count). The molecule has 0 fully saturated rings. The number of likely N-dealkylation sites (N-methyl/N-ethyl adjacent to an activating group) is 1. The molecule has 0 radical (unpaired) electrons. The first-order valence-electron chi connectivity index (χ1n) is 5.73. The summed E-state index contributed by atoms with van der Waals surface area (Å²) < 4.78 is 1.08. The molecule has 92 valence electrons. The molecule has 0 N–H and O–H groups in total. The normalized spacial score (nSPS) is 10.1. The molecule has 0 spiro atoms. The summed E-state index contributed by atoms with van der Waals surface area (Å²) in [5.74, 6) is 0.102. The van der Waals surface area contributed by atoms with Crippen LogP contribution in [0.3, 0.4) is 0 Å². The minimum atomic E-state index is 0.102. The highest BCUT2D eigenvalue weighted by Gasteiger charge is 2.13. The first kappa shape index (κ1) is 13.1. The van der Waals surface area contributed by atoms with Gasteiger partial charge in [-0.3, -0.25) is 4.79 Å². The third-order valence-electron chi connectivity index (χ3n) is 2.79. The van der Waals surface area contributed by atoms with Crippen molar-refractivity contribution in [2.24, 2.45) is 0 Å². The molecule has 2 aromatic carbocycles. The molecular formula is C15H14INO. The molecule has 0 aliphatic heterocycles. The summed E-state index contributed by atoms with van der Waals surface area (Å²) in [6, 6.07) is 17.7. The molecule has 3 heteroatoms. The Balaban J connectivity index is 2.13. The highest BCUT2D eigenvalue weighted by atomic mass is 127. The van der Waals surface area contributed by atoms with E-state index in [2.05, 4.69) is 22.6 Å². The van der Waals surface area contributed by atoms with Crippen LogP contribution in [0.4, 0.5) is 5.69 Å². The Morgan fingerprint density at radius 3 is 2.33 bits per heavy atom. The maximum Gasteiger partial charge on any atom is 0.231 e. The second-order valence-corrected chi connectivity index (χ2v) is 5.23. The van der Waals surface area contributed by atoms with E-state index in [0.29, 0.717) is 6.42 Å². The van der Waals surface area contributed by atoms with Gasteiger partial charge >= 0.3 is 0 Å². The van der Waals surface area contributed by atoms with Gasteiger partial charge in [-0.15, -0.1) is 0 Å². The molecule has 18 heavy (non-hydrogen) atoms. The predicted molar refractivity (Wildman–Crippen MR) is 82.7 cm³/mol. The molecule has 0 aliphatic rings. The Morgan fingerprint density at radius 2 is 1.67 bits per heavy atom. The summed E-state index contributed by atoms with van der Waals surface area (Å²) in [5.41, 5.74) is 2.00. The summed E-state index contributed by atoms with van der Waals surface area (Å²) in [6.45, 7) is 0. The third-order valence-corrected chi connectivity index (χ3v) is 3.70. The van der Waals surface area contributed by atoms with Crippen LogP contribution in [-0.2, 0) is 11.2 Å². The number of amides is 1. The van der Waals surface area contributed by atoms with Gasteiger partial charge in [0, 0.05) is 10.6 Å². The Kier molecular flexibility index (Phi) is 4.36. The first-order valence-corrected chi connectivity index (χ1v) is 6.81. The Morgan fingerprint density at radius 1 is 1.06 bits per heavy atom. The van der Waals surface area contributed by atoms with Crippen molar-refractivity contribution in [1.82, 2.24) is 0 Å². The first-order chi connectivity index (χ1) is 8.68. The maximum absolute atomic E-state index is 12.2. The Hall–Kier alpha value is -1.36. The van der Waals surface area contributed by atoms with Gasteiger partial charge in [0.05, 0.1) is 12.1 Å². The van der Waals surface area contributed by atoms with Crippen LogP contribution >= 0.6 is 22.6 Å². The van der Waals surface area contributed by atoms with Crippen molar-refractivity contribution in [2.75, 3.05) is 11.9 Å². The third kappa shape index (κ3) is 3.10. The van der Waals surface area contributed by atoms with Crippen LogP contribution < -0.4 is 4.90 Å². The van der Waals surface area contributed by atoms with Crippen LogP contribution in [0.25, 0.3) is 0 Å². The van der Waals surface area contributed by atoms with Crippen LogP contribution in [0.15, 0.2) is 54.6 Å². The average Bonchev–Trinajstić information content (AvgIpc) is 2.39. The van der Waals surface area contributed by atoms with Crippen LogP contribution in [0, 0.1) is 3.57 Å². The van der Waals surface area contributed by atoms with Crippen LogP contribution in [0.1, 0.15) is 5.56 Å². The molecule has 0 heterocycles. The quantitative estimate of drug-likeness (QED) is 0.776. The van der Waals surface area contributed by atoms with E-state index in [0.717, 1.165) is 14.8 Å². The fourth-order valence-electron chi connectivity index (χ4n) is 1.75. The smallest absolute Gasteiger partial charge is 0.231 e. The van der Waals surface area contributed by atoms with Gasteiger partial charge < -0.3 is 4.90 Å². The molecular weight excluding hydrogens is 337 g/mol. The monoisotopic (exact) mass is 351 g/mol. The molecule has 0 aromatic heterocycles. The zero-order valence-corrected chi connectivity index (χ0v) is 12.3. The van der Waals surface area contributed by atoms with Gasteiger partial charge in [-0.2, -0.15) is 0 Å². The van der Waals surface area contributed by atoms with E-state index in [-0.39, 0.29) is 5.91 Å². The molecule has 0 saturated heterocycles. The standard InChI is InChI=1S/C15H14INO/c1-17(14-10-6-5-9-13(14)16)15(18)11-12-7-3-2-4-8-12/h2-10H,11H2,1H3. The predicted octanol–water partition coefficient (Wildman–Crippen LogP) is 3.50. The number of carbonyl (C=O) groups excluding carboxylic acids is 1. The van der Waals surface area contributed by atoms with E-state index in [1.165, 1.54) is 0 Å². The lowest BCUT2D eigenvalue weighted by atomic mass is 10.1. The van der Waals surface area contributed by atoms with E-state index in [1.807, 2.05) is 61.6 Å². The van der Waals surface area contributed by atoms with Crippen molar-refractivity contribution in [3.8, 4) is 0 Å². The number of carbonyl (C=O) groups is 1. The van der Waals surface area contributed by atoms with Crippen molar-refractivity contribution in [3.05, 3.63) is 63.7 Å².